The third-order valence-electron chi connectivity index (χ3n) is 4.78. The van der Waals surface area contributed by atoms with Crippen LogP contribution in [0, 0.1) is 0 Å². The third-order valence-corrected chi connectivity index (χ3v) is 4.78. The number of hydrogen-bond acceptors (Lipinski definition) is 4. The van der Waals surface area contributed by atoms with Gasteiger partial charge >= 0.3 is 0 Å². The van der Waals surface area contributed by atoms with Gasteiger partial charge in [-0.1, -0.05) is 30.3 Å². The van der Waals surface area contributed by atoms with Crippen molar-refractivity contribution in [2.24, 2.45) is 5.73 Å². The lowest BCUT2D eigenvalue weighted by Gasteiger charge is -2.33. The molecule has 28 heavy (non-hydrogen) atoms. The van der Waals surface area contributed by atoms with Gasteiger partial charge in [0.1, 0.15) is 11.8 Å². The Hall–Kier alpha value is -2.57. The Labute approximate surface area is 171 Å². The lowest BCUT2D eigenvalue weighted by Crippen LogP contribution is -2.50. The predicted molar refractivity (Wildman–Crippen MR) is 111 cm³/mol. The summed E-state index contributed by atoms with van der Waals surface area (Å²) in [5.74, 6) is 0.240. The fraction of sp³-hybridized carbons (Fsp3) is 0.333. The van der Waals surface area contributed by atoms with Crippen LogP contribution >= 0.6 is 12.4 Å². The molecule has 2 unspecified atom stereocenters. The molecule has 0 saturated carbocycles. The molecule has 6 nitrogen and oxygen atoms in total. The summed E-state index contributed by atoms with van der Waals surface area (Å²) in [5, 5.41) is 2.89. The summed E-state index contributed by atoms with van der Waals surface area (Å²) in [5.41, 5.74) is 7.25. The Bertz CT molecular complexity index is 783. The molecule has 2 aromatic carbocycles. The van der Waals surface area contributed by atoms with Crippen LogP contribution in [0.4, 0.5) is 0 Å². The van der Waals surface area contributed by atoms with Gasteiger partial charge in [0.2, 0.25) is 5.91 Å². The Morgan fingerprint density at radius 3 is 2.43 bits per heavy atom. The molecule has 2 amide bonds. The van der Waals surface area contributed by atoms with Crippen LogP contribution < -0.4 is 15.8 Å². The van der Waals surface area contributed by atoms with E-state index >= 15 is 0 Å². The quantitative estimate of drug-likeness (QED) is 0.803. The largest absolute Gasteiger partial charge is 0.497 e. The van der Waals surface area contributed by atoms with E-state index in [0.717, 1.165) is 18.4 Å². The van der Waals surface area contributed by atoms with E-state index in [2.05, 4.69) is 5.32 Å². The van der Waals surface area contributed by atoms with Crippen LogP contribution in [0.25, 0.3) is 0 Å². The van der Waals surface area contributed by atoms with Gasteiger partial charge in [-0.25, -0.2) is 0 Å². The zero-order chi connectivity index (χ0) is 19.2. The zero-order valence-electron chi connectivity index (χ0n) is 15.8. The number of carbonyl (C=O) groups excluding carboxylic acids is 2. The maximum absolute atomic E-state index is 13.1. The van der Waals surface area contributed by atoms with Crippen molar-refractivity contribution >= 4 is 24.2 Å². The standard InChI is InChI=1S/C21H25N3O3.ClH/c1-27-18-11-9-16(10-12-18)20(25)23-19(15-6-3-2-4-7-15)21(26)24-13-5-8-17(22)14-24;/h2-4,6-7,9-12,17,19H,5,8,13-14,22H2,1H3,(H,23,25);1H. The minimum atomic E-state index is -0.744. The van der Waals surface area contributed by atoms with Crippen molar-refractivity contribution in [2.75, 3.05) is 20.2 Å². The van der Waals surface area contributed by atoms with Gasteiger partial charge in [0.25, 0.3) is 5.91 Å². The number of carbonyl (C=O) groups is 2. The Kier molecular flexibility index (Phi) is 7.84. The molecule has 0 bridgehead atoms. The molecule has 3 rings (SSSR count). The van der Waals surface area contributed by atoms with Crippen LogP contribution in [-0.4, -0.2) is 43.0 Å². The smallest absolute Gasteiger partial charge is 0.252 e. The SMILES string of the molecule is COc1ccc(C(=O)NC(C(=O)N2CCCC(N)C2)c2ccccc2)cc1.Cl. The topological polar surface area (TPSA) is 84.7 Å². The van der Waals surface area contributed by atoms with Gasteiger partial charge < -0.3 is 20.7 Å². The molecular weight excluding hydrogens is 378 g/mol. The van der Waals surface area contributed by atoms with Crippen LogP contribution in [0.5, 0.6) is 5.75 Å². The number of likely N-dealkylation sites (tertiary alicyclic amines) is 1. The number of nitrogens with zero attached hydrogens (tertiary/aromatic N) is 1. The zero-order valence-corrected chi connectivity index (χ0v) is 16.7. The summed E-state index contributed by atoms with van der Waals surface area (Å²) in [6.45, 7) is 1.18. The van der Waals surface area contributed by atoms with Gasteiger partial charge in [0.05, 0.1) is 7.11 Å². The molecular formula is C21H26ClN3O3. The second-order valence-corrected chi connectivity index (χ2v) is 6.73. The predicted octanol–water partition coefficient (Wildman–Crippen LogP) is 2.54. The van der Waals surface area contributed by atoms with E-state index in [4.69, 9.17) is 10.5 Å². The van der Waals surface area contributed by atoms with Gasteiger partial charge in [-0.05, 0) is 42.7 Å². The highest BCUT2D eigenvalue weighted by Gasteiger charge is 2.30. The normalized spacial score (nSPS) is 17.2. The number of rotatable bonds is 5. The first-order valence-corrected chi connectivity index (χ1v) is 9.12. The van der Waals surface area contributed by atoms with Crippen molar-refractivity contribution in [1.29, 1.82) is 0 Å². The summed E-state index contributed by atoms with van der Waals surface area (Å²) >= 11 is 0. The Balaban J connectivity index is 0.00000280. The average Bonchev–Trinajstić information content (AvgIpc) is 2.72. The second kappa shape index (κ2) is 10.1. The molecule has 150 valence electrons. The van der Waals surface area contributed by atoms with Crippen LogP contribution in [0.3, 0.4) is 0 Å². The number of halogens is 1. The van der Waals surface area contributed by atoms with E-state index in [1.54, 1.807) is 36.3 Å². The summed E-state index contributed by atoms with van der Waals surface area (Å²) in [7, 11) is 1.57. The van der Waals surface area contributed by atoms with E-state index in [9.17, 15) is 9.59 Å². The number of benzene rings is 2. The molecule has 7 heteroatoms. The van der Waals surface area contributed by atoms with E-state index in [1.807, 2.05) is 30.3 Å². The molecule has 1 aliphatic rings. The summed E-state index contributed by atoms with van der Waals surface area (Å²) in [4.78, 5) is 27.6. The van der Waals surface area contributed by atoms with Crippen molar-refractivity contribution in [3.63, 3.8) is 0 Å². The molecule has 2 aromatic rings. The lowest BCUT2D eigenvalue weighted by atomic mass is 10.0. The van der Waals surface area contributed by atoms with Crippen LogP contribution in [-0.2, 0) is 4.79 Å². The molecule has 0 spiro atoms. The third kappa shape index (κ3) is 5.24. The second-order valence-electron chi connectivity index (χ2n) is 6.73. The highest BCUT2D eigenvalue weighted by atomic mass is 35.5. The monoisotopic (exact) mass is 403 g/mol. The van der Waals surface area contributed by atoms with Crippen LogP contribution in [0.2, 0.25) is 0 Å². The van der Waals surface area contributed by atoms with E-state index in [1.165, 1.54) is 0 Å². The van der Waals surface area contributed by atoms with Gasteiger partial charge in [-0.2, -0.15) is 0 Å². The number of piperidine rings is 1. The number of amides is 2. The highest BCUT2D eigenvalue weighted by Crippen LogP contribution is 2.20. The van der Waals surface area contributed by atoms with Gasteiger partial charge in [-0.3, -0.25) is 9.59 Å². The van der Waals surface area contributed by atoms with Crippen molar-refractivity contribution in [3.05, 3.63) is 65.7 Å². The number of methoxy groups -OCH3 is 1. The van der Waals surface area contributed by atoms with Gasteiger partial charge in [0, 0.05) is 24.7 Å². The summed E-state index contributed by atoms with van der Waals surface area (Å²) in [6, 6.07) is 15.3. The molecule has 2 atom stereocenters. The van der Waals surface area contributed by atoms with Gasteiger partial charge in [0.15, 0.2) is 0 Å². The fourth-order valence-corrected chi connectivity index (χ4v) is 3.28. The van der Waals surface area contributed by atoms with Crippen LogP contribution in [0.15, 0.2) is 54.6 Å². The molecule has 0 aromatic heterocycles. The molecule has 1 fully saturated rings. The highest BCUT2D eigenvalue weighted by molar-refractivity contribution is 5.98. The molecule has 0 radical (unpaired) electrons. The first kappa shape index (κ1) is 21.7. The average molecular weight is 404 g/mol. The van der Waals surface area contributed by atoms with Crippen molar-refractivity contribution in [2.45, 2.75) is 24.9 Å². The van der Waals surface area contributed by atoms with Crippen molar-refractivity contribution in [3.8, 4) is 5.75 Å². The minimum Gasteiger partial charge on any atom is -0.497 e. The summed E-state index contributed by atoms with van der Waals surface area (Å²) in [6.07, 6.45) is 1.79. The molecule has 3 N–H and O–H groups in total. The van der Waals surface area contributed by atoms with Crippen LogP contribution in [0.1, 0.15) is 34.8 Å². The van der Waals surface area contributed by atoms with E-state index in [0.29, 0.717) is 24.4 Å². The number of nitrogens with one attached hydrogen (secondary N) is 1. The molecule has 1 heterocycles. The summed E-state index contributed by atoms with van der Waals surface area (Å²) < 4.78 is 5.12. The van der Waals surface area contributed by atoms with Crippen molar-refractivity contribution < 1.29 is 14.3 Å². The maximum atomic E-state index is 13.1. The van der Waals surface area contributed by atoms with E-state index < -0.39 is 6.04 Å². The molecule has 1 aliphatic heterocycles. The van der Waals surface area contributed by atoms with Gasteiger partial charge in [-0.15, -0.1) is 12.4 Å². The maximum Gasteiger partial charge on any atom is 0.252 e. The van der Waals surface area contributed by atoms with Crippen molar-refractivity contribution in [1.82, 2.24) is 10.2 Å². The first-order chi connectivity index (χ1) is 13.1. The number of ether oxygens (including phenoxy) is 1. The number of hydrogen-bond donors (Lipinski definition) is 2. The first-order valence-electron chi connectivity index (χ1n) is 9.12. The number of nitrogens with two attached hydrogens (primary N) is 1. The van der Waals surface area contributed by atoms with E-state index in [-0.39, 0.29) is 30.3 Å². The Morgan fingerprint density at radius 1 is 1.14 bits per heavy atom. The lowest BCUT2D eigenvalue weighted by molar-refractivity contribution is -0.134. The Morgan fingerprint density at radius 2 is 1.82 bits per heavy atom. The fourth-order valence-electron chi connectivity index (χ4n) is 3.28. The molecule has 0 aliphatic carbocycles. The minimum absolute atomic E-state index is 0. The molecule has 1 saturated heterocycles.